The molecule has 6 nitrogen and oxygen atoms in total. The van der Waals surface area contributed by atoms with Crippen LogP contribution in [-0.2, 0) is 21.6 Å². The number of ketones is 1. The molecule has 4 atom stereocenters. The molecule has 4 rings (SSSR count). The molecule has 0 bridgehead atoms. The molecule has 0 saturated heterocycles. The van der Waals surface area contributed by atoms with Gasteiger partial charge < -0.3 is 13.8 Å². The topological polar surface area (TPSA) is 104 Å². The van der Waals surface area contributed by atoms with Gasteiger partial charge in [-0.1, -0.05) is 6.92 Å². The van der Waals surface area contributed by atoms with E-state index in [0.29, 0.717) is 24.0 Å². The molecule has 26 heavy (non-hydrogen) atoms. The SMILES string of the molecule is C[C@]12CCC3c4cc(O)c(OS(=O)(=O)[O-])cc4CCC3C1CCC2=O.[Na+]. The normalized spacial score (nSPS) is 32.8. The fourth-order valence-electron chi connectivity index (χ4n) is 5.53. The van der Waals surface area contributed by atoms with Gasteiger partial charge in [0.2, 0.25) is 0 Å². The second-order valence-electron chi connectivity index (χ2n) is 7.84. The van der Waals surface area contributed by atoms with Gasteiger partial charge in [-0.05, 0) is 73.1 Å². The van der Waals surface area contributed by atoms with Crippen molar-refractivity contribution in [3.05, 3.63) is 23.3 Å². The van der Waals surface area contributed by atoms with E-state index in [2.05, 4.69) is 11.1 Å². The Morgan fingerprint density at radius 2 is 1.96 bits per heavy atom. The first-order chi connectivity index (χ1) is 11.7. The molecule has 0 heterocycles. The van der Waals surface area contributed by atoms with Gasteiger partial charge in [0.05, 0.1) is 0 Å². The minimum absolute atomic E-state index is 0. The molecule has 0 radical (unpaired) electrons. The predicted octanol–water partition coefficient (Wildman–Crippen LogP) is -0.340. The maximum absolute atomic E-state index is 12.3. The molecule has 2 saturated carbocycles. The molecule has 8 heteroatoms. The van der Waals surface area contributed by atoms with E-state index in [1.807, 2.05) is 0 Å². The number of aromatic hydroxyl groups is 1. The maximum Gasteiger partial charge on any atom is 1.00 e. The summed E-state index contributed by atoms with van der Waals surface area (Å²) in [6.45, 7) is 2.10. The Morgan fingerprint density at radius 3 is 2.65 bits per heavy atom. The number of phenolic OH excluding ortho intramolecular Hbond substituents is 1. The van der Waals surface area contributed by atoms with Crippen molar-refractivity contribution in [2.24, 2.45) is 17.3 Å². The van der Waals surface area contributed by atoms with E-state index in [0.717, 1.165) is 43.2 Å². The van der Waals surface area contributed by atoms with Gasteiger partial charge in [0.15, 0.2) is 11.5 Å². The molecule has 136 valence electrons. The van der Waals surface area contributed by atoms with Crippen LogP contribution in [0.1, 0.15) is 56.1 Å². The third kappa shape index (κ3) is 3.22. The molecule has 0 aromatic heterocycles. The van der Waals surface area contributed by atoms with E-state index in [4.69, 9.17) is 0 Å². The van der Waals surface area contributed by atoms with Gasteiger partial charge in [0, 0.05) is 11.8 Å². The Balaban J connectivity index is 0.00000196. The van der Waals surface area contributed by atoms with Crippen LogP contribution in [-0.4, -0.2) is 23.9 Å². The fraction of sp³-hybridized carbons (Fsp3) is 0.611. The molecule has 3 unspecified atom stereocenters. The molecule has 0 aliphatic heterocycles. The molecule has 2 fully saturated rings. The molecule has 0 spiro atoms. The number of hydrogen-bond donors (Lipinski definition) is 1. The zero-order valence-electron chi connectivity index (χ0n) is 15.0. The van der Waals surface area contributed by atoms with Gasteiger partial charge in [0.1, 0.15) is 5.78 Å². The van der Waals surface area contributed by atoms with Crippen molar-refractivity contribution in [1.29, 1.82) is 0 Å². The molecule has 1 N–H and O–H groups in total. The number of Topliss-reactive ketones (excluding diaryl/α,β-unsaturated/α-hetero) is 1. The molecular formula is C18H21NaO6S. The zero-order chi connectivity index (χ0) is 18.0. The first kappa shape index (κ1) is 20.1. The van der Waals surface area contributed by atoms with Crippen molar-refractivity contribution in [3.63, 3.8) is 0 Å². The smallest absolute Gasteiger partial charge is 0.716 e. The van der Waals surface area contributed by atoms with Crippen LogP contribution < -0.4 is 33.7 Å². The summed E-state index contributed by atoms with van der Waals surface area (Å²) in [6, 6.07) is 3.02. The van der Waals surface area contributed by atoms with Crippen molar-refractivity contribution >= 4 is 16.2 Å². The van der Waals surface area contributed by atoms with E-state index in [-0.39, 0.29) is 52.4 Å². The first-order valence-corrected chi connectivity index (χ1v) is 10.1. The Hall–Kier alpha value is -0.600. The molecular weight excluding hydrogens is 367 g/mol. The van der Waals surface area contributed by atoms with Crippen molar-refractivity contribution in [2.75, 3.05) is 0 Å². The van der Waals surface area contributed by atoms with E-state index in [1.54, 1.807) is 6.07 Å². The molecule has 1 aromatic rings. The summed E-state index contributed by atoms with van der Waals surface area (Å²) in [5.41, 5.74) is 1.72. The number of fused-ring (bicyclic) bond motifs is 5. The average molecular weight is 388 g/mol. The van der Waals surface area contributed by atoms with Crippen LogP contribution in [0.5, 0.6) is 11.5 Å². The minimum Gasteiger partial charge on any atom is -0.716 e. The van der Waals surface area contributed by atoms with Crippen LogP contribution in [0.2, 0.25) is 0 Å². The van der Waals surface area contributed by atoms with E-state index < -0.39 is 10.4 Å². The summed E-state index contributed by atoms with van der Waals surface area (Å²) in [4.78, 5) is 12.3. The van der Waals surface area contributed by atoms with Gasteiger partial charge >= 0.3 is 29.6 Å². The molecule has 0 amide bonds. The number of carbonyl (C=O) groups is 1. The van der Waals surface area contributed by atoms with Crippen LogP contribution >= 0.6 is 0 Å². The maximum atomic E-state index is 12.3. The molecule has 3 aliphatic carbocycles. The first-order valence-electron chi connectivity index (χ1n) is 8.73. The van der Waals surface area contributed by atoms with Crippen LogP contribution in [0.25, 0.3) is 0 Å². The number of hydrogen-bond acceptors (Lipinski definition) is 6. The molecule has 1 aromatic carbocycles. The zero-order valence-corrected chi connectivity index (χ0v) is 17.8. The summed E-state index contributed by atoms with van der Waals surface area (Å²) >= 11 is 0. The van der Waals surface area contributed by atoms with Crippen LogP contribution in [0, 0.1) is 17.3 Å². The standard InChI is InChI=1S/C18H22O6S.Na/c1-18-7-6-11-12(14(18)4-5-17(18)20)3-2-10-8-16(24-25(21,22)23)15(19)9-13(10)11;/h8-9,11-12,14,19H,2-7H2,1H3,(H,21,22,23);/q;+1/p-1/t11?,12?,14?,18-;/m0./s1. The number of aryl methyl sites for hydroxylation is 1. The molecule has 3 aliphatic rings. The number of phenols is 1. The Labute approximate surface area is 175 Å². The van der Waals surface area contributed by atoms with E-state index in [9.17, 15) is 22.9 Å². The summed E-state index contributed by atoms with van der Waals surface area (Å²) < 4.78 is 36.8. The van der Waals surface area contributed by atoms with Gasteiger partial charge in [-0.3, -0.25) is 4.79 Å². The van der Waals surface area contributed by atoms with Crippen LogP contribution in [0.15, 0.2) is 12.1 Å². The number of carbonyl (C=O) groups excluding carboxylic acids is 1. The average Bonchev–Trinajstić information content (AvgIpc) is 2.82. The predicted molar refractivity (Wildman–Crippen MR) is 88.1 cm³/mol. The summed E-state index contributed by atoms with van der Waals surface area (Å²) in [5.74, 6) is 0.808. The number of benzene rings is 1. The number of rotatable bonds is 2. The van der Waals surface area contributed by atoms with Crippen LogP contribution in [0.3, 0.4) is 0 Å². The largest absolute Gasteiger partial charge is 1.00 e. The van der Waals surface area contributed by atoms with Gasteiger partial charge in [-0.2, -0.15) is 0 Å². The van der Waals surface area contributed by atoms with Crippen molar-refractivity contribution < 1.29 is 56.6 Å². The summed E-state index contributed by atoms with van der Waals surface area (Å²) in [5, 5.41) is 10.1. The van der Waals surface area contributed by atoms with Crippen molar-refractivity contribution in [2.45, 2.75) is 51.4 Å². The van der Waals surface area contributed by atoms with Gasteiger partial charge in [0.25, 0.3) is 10.4 Å². The summed E-state index contributed by atoms with van der Waals surface area (Å²) in [6.07, 6.45) is 5.00. The Kier molecular flexibility index (Phi) is 5.25. The van der Waals surface area contributed by atoms with Gasteiger partial charge in [-0.25, -0.2) is 8.42 Å². The Bertz CT molecular complexity index is 851. The third-order valence-corrected chi connectivity index (χ3v) is 7.09. The van der Waals surface area contributed by atoms with Crippen molar-refractivity contribution in [3.8, 4) is 11.5 Å². The van der Waals surface area contributed by atoms with Gasteiger partial charge in [-0.15, -0.1) is 0 Å². The van der Waals surface area contributed by atoms with Crippen molar-refractivity contribution in [1.82, 2.24) is 0 Å². The summed E-state index contributed by atoms with van der Waals surface area (Å²) in [7, 11) is -4.92. The monoisotopic (exact) mass is 388 g/mol. The quantitative estimate of drug-likeness (QED) is 0.422. The third-order valence-electron chi connectivity index (χ3n) is 6.71. The fourth-order valence-corrected chi connectivity index (χ4v) is 5.89. The second-order valence-corrected chi connectivity index (χ2v) is 8.83. The second kappa shape index (κ2) is 6.78. The van der Waals surface area contributed by atoms with E-state index >= 15 is 0 Å². The van der Waals surface area contributed by atoms with Crippen LogP contribution in [0.4, 0.5) is 0 Å². The minimum atomic E-state index is -4.92. The van der Waals surface area contributed by atoms with E-state index in [1.165, 1.54) is 6.07 Å². The Morgan fingerprint density at radius 1 is 1.23 bits per heavy atom.